The Morgan fingerprint density at radius 3 is 2.95 bits per heavy atom. The van der Waals surface area contributed by atoms with Crippen LogP contribution in [0.15, 0.2) is 41.5 Å². The van der Waals surface area contributed by atoms with Crippen molar-refractivity contribution in [2.24, 2.45) is 10.7 Å². The number of hydrogen-bond acceptors (Lipinski definition) is 4. The highest BCUT2D eigenvalue weighted by Gasteiger charge is 2.31. The average Bonchev–Trinajstić information content (AvgIpc) is 2.87. The number of nitrogens with zero attached hydrogens (tertiary/aromatic N) is 3. The highest BCUT2D eigenvalue weighted by Crippen LogP contribution is 2.32. The van der Waals surface area contributed by atoms with E-state index in [1.165, 1.54) is 10.9 Å². The van der Waals surface area contributed by atoms with Crippen LogP contribution in [0.3, 0.4) is 0 Å². The third kappa shape index (κ3) is 2.01. The Bertz CT molecular complexity index is 644. The number of nitrogens with two attached hydrogens (primary N) is 1. The second-order valence-corrected chi connectivity index (χ2v) is 5.30. The van der Waals surface area contributed by atoms with E-state index in [1.807, 2.05) is 12.3 Å². The van der Waals surface area contributed by atoms with Gasteiger partial charge in [0.1, 0.15) is 0 Å². The largest absolute Gasteiger partial charge is 0.370 e. The number of aliphatic imine (C=N–C) groups is 1. The summed E-state index contributed by atoms with van der Waals surface area (Å²) in [6.07, 6.45) is 2.89. The molecule has 0 aliphatic carbocycles. The molecule has 4 heteroatoms. The van der Waals surface area contributed by atoms with E-state index in [4.69, 9.17) is 5.73 Å². The molecule has 0 radical (unpaired) electrons. The number of pyridine rings is 1. The summed E-state index contributed by atoms with van der Waals surface area (Å²) in [6, 6.07) is 11.0. The van der Waals surface area contributed by atoms with E-state index < -0.39 is 0 Å². The number of para-hydroxylation sites is 1. The summed E-state index contributed by atoms with van der Waals surface area (Å²) in [5, 5.41) is 1.17. The summed E-state index contributed by atoms with van der Waals surface area (Å²) in [5.41, 5.74) is 8.35. The highest BCUT2D eigenvalue weighted by atomic mass is 15.3. The molecule has 2 unspecified atom stereocenters. The van der Waals surface area contributed by atoms with Gasteiger partial charge in [0, 0.05) is 23.2 Å². The van der Waals surface area contributed by atoms with Crippen molar-refractivity contribution in [2.75, 3.05) is 6.54 Å². The van der Waals surface area contributed by atoms with Crippen molar-refractivity contribution in [3.63, 3.8) is 0 Å². The molecule has 0 saturated heterocycles. The lowest BCUT2D eigenvalue weighted by atomic mass is 10.0. The van der Waals surface area contributed by atoms with Gasteiger partial charge in [0.05, 0.1) is 18.1 Å². The minimum Gasteiger partial charge on any atom is -0.370 e. The number of aromatic nitrogens is 1. The van der Waals surface area contributed by atoms with Gasteiger partial charge in [-0.15, -0.1) is 0 Å². The Hall–Kier alpha value is -2.10. The molecule has 20 heavy (non-hydrogen) atoms. The van der Waals surface area contributed by atoms with Crippen LogP contribution in [0.2, 0.25) is 0 Å². The first-order chi connectivity index (χ1) is 9.72. The normalized spacial score (nSPS) is 20.2. The van der Waals surface area contributed by atoms with Gasteiger partial charge in [-0.2, -0.15) is 0 Å². The van der Waals surface area contributed by atoms with E-state index in [-0.39, 0.29) is 6.04 Å². The van der Waals surface area contributed by atoms with E-state index in [1.54, 1.807) is 0 Å². The van der Waals surface area contributed by atoms with Crippen LogP contribution in [-0.2, 0) is 0 Å². The molecule has 4 nitrogen and oxygen atoms in total. The maximum atomic E-state index is 6.08. The molecule has 1 aromatic heterocycles. The number of hydrogen-bond donors (Lipinski definition) is 1. The maximum absolute atomic E-state index is 6.08. The molecule has 1 aromatic carbocycles. The highest BCUT2D eigenvalue weighted by molar-refractivity contribution is 5.85. The monoisotopic (exact) mass is 268 g/mol. The molecule has 2 aromatic rings. The second kappa shape index (κ2) is 5.12. The molecule has 2 N–H and O–H groups in total. The Morgan fingerprint density at radius 1 is 1.35 bits per heavy atom. The minimum absolute atomic E-state index is 0.198. The van der Waals surface area contributed by atoms with Gasteiger partial charge in [-0.25, -0.2) is 0 Å². The van der Waals surface area contributed by atoms with Crippen molar-refractivity contribution in [1.82, 2.24) is 9.88 Å². The van der Waals surface area contributed by atoms with Crippen LogP contribution < -0.4 is 5.73 Å². The molecule has 2 atom stereocenters. The number of benzene rings is 1. The molecular formula is C16H20N4. The van der Waals surface area contributed by atoms with Crippen molar-refractivity contribution < 1.29 is 0 Å². The zero-order valence-corrected chi connectivity index (χ0v) is 12.0. The molecule has 0 fully saturated rings. The molecule has 3 rings (SSSR count). The van der Waals surface area contributed by atoms with Gasteiger partial charge in [0.25, 0.3) is 0 Å². The van der Waals surface area contributed by atoms with Crippen molar-refractivity contribution >= 4 is 16.9 Å². The minimum atomic E-state index is 0.198. The Balaban J connectivity index is 2.07. The van der Waals surface area contributed by atoms with Crippen molar-refractivity contribution in [3.05, 3.63) is 42.1 Å². The molecule has 0 spiro atoms. The van der Waals surface area contributed by atoms with Gasteiger partial charge in [-0.3, -0.25) is 9.98 Å². The zero-order chi connectivity index (χ0) is 14.1. The van der Waals surface area contributed by atoms with Gasteiger partial charge in [0.15, 0.2) is 5.96 Å². The van der Waals surface area contributed by atoms with E-state index >= 15 is 0 Å². The van der Waals surface area contributed by atoms with Gasteiger partial charge in [0.2, 0.25) is 0 Å². The molecule has 0 bridgehead atoms. The molecule has 2 heterocycles. The first kappa shape index (κ1) is 12.9. The number of rotatable bonds is 3. The number of fused-ring (bicyclic) bond motifs is 1. The molecular weight excluding hydrogens is 248 g/mol. The topological polar surface area (TPSA) is 54.5 Å². The lowest BCUT2D eigenvalue weighted by Gasteiger charge is -2.32. The van der Waals surface area contributed by atoms with Crippen LogP contribution in [-0.4, -0.2) is 28.4 Å². The fraction of sp³-hybridized carbons (Fsp3) is 0.375. The Labute approximate surface area is 119 Å². The second-order valence-electron chi connectivity index (χ2n) is 5.30. The summed E-state index contributed by atoms with van der Waals surface area (Å²) in [6.45, 7) is 5.08. The lowest BCUT2D eigenvalue weighted by molar-refractivity contribution is 0.269. The summed E-state index contributed by atoms with van der Waals surface area (Å²) >= 11 is 0. The Kier molecular flexibility index (Phi) is 3.30. The van der Waals surface area contributed by atoms with E-state index in [0.29, 0.717) is 18.5 Å². The van der Waals surface area contributed by atoms with Gasteiger partial charge in [-0.1, -0.05) is 31.2 Å². The average molecular weight is 268 g/mol. The van der Waals surface area contributed by atoms with E-state index in [2.05, 4.69) is 53.0 Å². The molecule has 1 aliphatic heterocycles. The van der Waals surface area contributed by atoms with E-state index in [9.17, 15) is 0 Å². The molecule has 0 saturated carbocycles. The predicted molar refractivity (Wildman–Crippen MR) is 82.6 cm³/mol. The van der Waals surface area contributed by atoms with Crippen molar-refractivity contribution in [2.45, 2.75) is 32.4 Å². The summed E-state index contributed by atoms with van der Waals surface area (Å²) < 4.78 is 0. The van der Waals surface area contributed by atoms with Crippen LogP contribution in [0.25, 0.3) is 10.9 Å². The number of guanidine groups is 1. The van der Waals surface area contributed by atoms with Gasteiger partial charge >= 0.3 is 0 Å². The smallest absolute Gasteiger partial charge is 0.192 e. The van der Waals surface area contributed by atoms with Gasteiger partial charge in [-0.05, 0) is 19.4 Å². The molecule has 0 amide bonds. The van der Waals surface area contributed by atoms with Crippen LogP contribution in [0.4, 0.5) is 0 Å². The first-order valence-corrected chi connectivity index (χ1v) is 7.14. The molecule has 104 valence electrons. The van der Waals surface area contributed by atoms with Crippen molar-refractivity contribution in [1.29, 1.82) is 0 Å². The quantitative estimate of drug-likeness (QED) is 0.931. The standard InChI is InChI=1S/C16H20N4/c1-3-11(2)20-14(10-19-16(20)17)13-8-4-6-12-7-5-9-18-15(12)13/h4-9,11,14H,3,10H2,1-2H3,(H2,17,19). The third-order valence-corrected chi connectivity index (χ3v) is 4.12. The fourth-order valence-corrected chi connectivity index (χ4v) is 2.88. The summed E-state index contributed by atoms with van der Waals surface area (Å²) in [4.78, 5) is 11.2. The molecule has 1 aliphatic rings. The fourth-order valence-electron chi connectivity index (χ4n) is 2.88. The summed E-state index contributed by atoms with van der Waals surface area (Å²) in [5.74, 6) is 0.650. The SMILES string of the molecule is CCC(C)N1C(N)=NCC1c1cccc2cccnc12. The summed E-state index contributed by atoms with van der Waals surface area (Å²) in [7, 11) is 0. The van der Waals surface area contributed by atoms with Crippen molar-refractivity contribution in [3.8, 4) is 0 Å². The first-order valence-electron chi connectivity index (χ1n) is 7.14. The third-order valence-electron chi connectivity index (χ3n) is 4.12. The van der Waals surface area contributed by atoms with Gasteiger partial charge < -0.3 is 10.6 Å². The lowest BCUT2D eigenvalue weighted by Crippen LogP contribution is -2.42. The van der Waals surface area contributed by atoms with Crippen LogP contribution in [0, 0.1) is 0 Å². The zero-order valence-electron chi connectivity index (χ0n) is 12.0. The van der Waals surface area contributed by atoms with E-state index in [0.717, 1.165) is 11.9 Å². The van der Waals surface area contributed by atoms with Crippen LogP contribution >= 0.6 is 0 Å². The Morgan fingerprint density at radius 2 is 2.15 bits per heavy atom. The van der Waals surface area contributed by atoms with Crippen LogP contribution in [0.5, 0.6) is 0 Å². The van der Waals surface area contributed by atoms with Crippen LogP contribution in [0.1, 0.15) is 31.9 Å². The maximum Gasteiger partial charge on any atom is 0.192 e. The predicted octanol–water partition coefficient (Wildman–Crippen LogP) is 2.70.